The second-order valence-electron chi connectivity index (χ2n) is 4.72. The highest BCUT2D eigenvalue weighted by Crippen LogP contribution is 2.14. The molecular formula is C13H26N2O2. The largest absolute Gasteiger partial charge is 0.385 e. The summed E-state index contributed by atoms with van der Waals surface area (Å²) in [5, 5.41) is 3.36. The summed E-state index contributed by atoms with van der Waals surface area (Å²) in [5.41, 5.74) is 0. The maximum absolute atomic E-state index is 12.0. The summed E-state index contributed by atoms with van der Waals surface area (Å²) >= 11 is 0. The van der Waals surface area contributed by atoms with E-state index in [-0.39, 0.29) is 5.91 Å². The molecule has 4 nitrogen and oxygen atoms in total. The molecule has 0 saturated carbocycles. The molecule has 0 aliphatic carbocycles. The summed E-state index contributed by atoms with van der Waals surface area (Å²) in [4.78, 5) is 14.0. The molecule has 17 heavy (non-hydrogen) atoms. The van der Waals surface area contributed by atoms with Gasteiger partial charge in [0.1, 0.15) is 0 Å². The van der Waals surface area contributed by atoms with Crippen LogP contribution in [-0.4, -0.2) is 50.7 Å². The Morgan fingerprint density at radius 3 is 2.71 bits per heavy atom. The Morgan fingerprint density at radius 1 is 1.41 bits per heavy atom. The van der Waals surface area contributed by atoms with E-state index < -0.39 is 0 Å². The van der Waals surface area contributed by atoms with Crippen LogP contribution in [0.4, 0.5) is 0 Å². The van der Waals surface area contributed by atoms with Crippen LogP contribution in [0.3, 0.4) is 0 Å². The molecule has 0 unspecified atom stereocenters. The first-order valence-corrected chi connectivity index (χ1v) is 6.75. The van der Waals surface area contributed by atoms with Gasteiger partial charge in [-0.1, -0.05) is 0 Å². The molecule has 0 radical (unpaired) electrons. The molecule has 0 spiro atoms. The van der Waals surface area contributed by atoms with Gasteiger partial charge >= 0.3 is 0 Å². The van der Waals surface area contributed by atoms with Crippen molar-refractivity contribution in [1.82, 2.24) is 10.2 Å². The van der Waals surface area contributed by atoms with Crippen molar-refractivity contribution in [2.45, 2.75) is 32.6 Å². The third-order valence-corrected chi connectivity index (χ3v) is 3.41. The van der Waals surface area contributed by atoms with Crippen LogP contribution in [0.5, 0.6) is 0 Å². The summed E-state index contributed by atoms with van der Waals surface area (Å²) in [5.74, 6) is 0.964. The maximum Gasteiger partial charge on any atom is 0.222 e. The van der Waals surface area contributed by atoms with Gasteiger partial charge in [-0.3, -0.25) is 4.79 Å². The highest BCUT2D eigenvalue weighted by Gasteiger charge is 2.19. The minimum atomic E-state index is 0.281. The van der Waals surface area contributed by atoms with Crippen molar-refractivity contribution in [1.29, 1.82) is 0 Å². The Balaban J connectivity index is 2.27. The first-order chi connectivity index (χ1) is 8.27. The first kappa shape index (κ1) is 14.5. The molecule has 0 aromatic carbocycles. The van der Waals surface area contributed by atoms with Crippen LogP contribution in [0.15, 0.2) is 0 Å². The van der Waals surface area contributed by atoms with Gasteiger partial charge in [0, 0.05) is 33.2 Å². The van der Waals surface area contributed by atoms with Gasteiger partial charge in [0.2, 0.25) is 5.91 Å². The molecule has 0 atom stereocenters. The molecule has 0 aromatic rings. The van der Waals surface area contributed by atoms with E-state index in [1.54, 1.807) is 7.11 Å². The number of hydrogen-bond acceptors (Lipinski definition) is 3. The van der Waals surface area contributed by atoms with Crippen molar-refractivity contribution in [3.8, 4) is 0 Å². The minimum Gasteiger partial charge on any atom is -0.385 e. The fourth-order valence-corrected chi connectivity index (χ4v) is 2.31. The Bertz CT molecular complexity index is 215. The van der Waals surface area contributed by atoms with Crippen LogP contribution in [-0.2, 0) is 9.53 Å². The lowest BCUT2D eigenvalue weighted by Crippen LogP contribution is -2.39. The van der Waals surface area contributed by atoms with Crippen LogP contribution in [0, 0.1) is 5.92 Å². The summed E-state index contributed by atoms with van der Waals surface area (Å²) in [6.07, 6.45) is 3.84. The lowest BCUT2D eigenvalue weighted by Gasteiger charge is -2.29. The number of hydrogen-bond donors (Lipinski definition) is 1. The summed E-state index contributed by atoms with van der Waals surface area (Å²) in [6, 6.07) is 0. The van der Waals surface area contributed by atoms with Crippen LogP contribution >= 0.6 is 0 Å². The van der Waals surface area contributed by atoms with Crippen molar-refractivity contribution < 1.29 is 9.53 Å². The molecule has 1 saturated heterocycles. The number of ether oxygens (including phenoxy) is 1. The standard InChI is InChI=1S/C13H26N2O2/c1-3-15(13(16)5-4-10-17-2)11-12-6-8-14-9-7-12/h12,14H,3-11H2,1-2H3. The molecule has 1 fully saturated rings. The fourth-order valence-electron chi connectivity index (χ4n) is 2.31. The van der Waals surface area contributed by atoms with Crippen molar-refractivity contribution >= 4 is 5.91 Å². The third-order valence-electron chi connectivity index (χ3n) is 3.41. The Kier molecular flexibility index (Phi) is 7.21. The fraction of sp³-hybridized carbons (Fsp3) is 0.923. The van der Waals surface area contributed by atoms with Crippen LogP contribution < -0.4 is 5.32 Å². The highest BCUT2D eigenvalue weighted by molar-refractivity contribution is 5.76. The number of rotatable bonds is 7. The van der Waals surface area contributed by atoms with Crippen molar-refractivity contribution in [2.75, 3.05) is 39.9 Å². The van der Waals surface area contributed by atoms with E-state index in [9.17, 15) is 4.79 Å². The monoisotopic (exact) mass is 242 g/mol. The average Bonchev–Trinajstić information content (AvgIpc) is 2.37. The predicted molar refractivity (Wildman–Crippen MR) is 69.0 cm³/mol. The number of carbonyl (C=O) groups excluding carboxylic acids is 1. The molecule has 100 valence electrons. The Labute approximate surface area is 105 Å². The first-order valence-electron chi connectivity index (χ1n) is 6.75. The van der Waals surface area contributed by atoms with Gasteiger partial charge in [0.25, 0.3) is 0 Å². The zero-order valence-electron chi connectivity index (χ0n) is 11.2. The number of carbonyl (C=O) groups is 1. The molecule has 0 aromatic heterocycles. The smallest absolute Gasteiger partial charge is 0.222 e. The zero-order chi connectivity index (χ0) is 12.5. The summed E-state index contributed by atoms with van der Waals surface area (Å²) in [6.45, 7) is 6.70. The van der Waals surface area contributed by atoms with E-state index in [2.05, 4.69) is 12.2 Å². The number of piperidine rings is 1. The van der Waals surface area contributed by atoms with Gasteiger partial charge < -0.3 is 15.0 Å². The number of amides is 1. The second kappa shape index (κ2) is 8.48. The molecule has 4 heteroatoms. The van der Waals surface area contributed by atoms with Crippen molar-refractivity contribution in [2.24, 2.45) is 5.92 Å². The van der Waals surface area contributed by atoms with Crippen molar-refractivity contribution in [3.05, 3.63) is 0 Å². The Morgan fingerprint density at radius 2 is 2.12 bits per heavy atom. The molecule has 0 bridgehead atoms. The Hall–Kier alpha value is -0.610. The number of nitrogens with one attached hydrogen (secondary N) is 1. The second-order valence-corrected chi connectivity index (χ2v) is 4.72. The molecular weight excluding hydrogens is 216 g/mol. The van der Waals surface area contributed by atoms with Crippen LogP contribution in [0.25, 0.3) is 0 Å². The normalized spacial score (nSPS) is 17.1. The lowest BCUT2D eigenvalue weighted by atomic mass is 9.97. The van der Waals surface area contributed by atoms with Crippen molar-refractivity contribution in [3.63, 3.8) is 0 Å². The zero-order valence-corrected chi connectivity index (χ0v) is 11.2. The van der Waals surface area contributed by atoms with E-state index in [0.29, 0.717) is 18.9 Å². The molecule has 1 heterocycles. The topological polar surface area (TPSA) is 41.6 Å². The van der Waals surface area contributed by atoms with Gasteiger partial charge in [-0.05, 0) is 45.2 Å². The predicted octanol–water partition coefficient (Wildman–Crippen LogP) is 1.26. The molecule has 1 rings (SSSR count). The van der Waals surface area contributed by atoms with E-state index >= 15 is 0 Å². The van der Waals surface area contributed by atoms with Gasteiger partial charge in [0.05, 0.1) is 0 Å². The van der Waals surface area contributed by atoms with E-state index in [1.807, 2.05) is 4.90 Å². The van der Waals surface area contributed by atoms with Gasteiger partial charge in [-0.2, -0.15) is 0 Å². The SMILES string of the molecule is CCN(CC1CCNCC1)C(=O)CCCOC. The van der Waals surface area contributed by atoms with Gasteiger partial charge in [0.15, 0.2) is 0 Å². The average molecular weight is 242 g/mol. The highest BCUT2D eigenvalue weighted by atomic mass is 16.5. The summed E-state index contributed by atoms with van der Waals surface area (Å²) in [7, 11) is 1.68. The van der Waals surface area contributed by atoms with E-state index in [0.717, 1.165) is 32.6 Å². The van der Waals surface area contributed by atoms with Gasteiger partial charge in [-0.25, -0.2) is 0 Å². The number of methoxy groups -OCH3 is 1. The third kappa shape index (κ3) is 5.50. The van der Waals surface area contributed by atoms with E-state index in [1.165, 1.54) is 12.8 Å². The van der Waals surface area contributed by atoms with Gasteiger partial charge in [-0.15, -0.1) is 0 Å². The maximum atomic E-state index is 12.0. The molecule has 1 amide bonds. The minimum absolute atomic E-state index is 0.281. The van der Waals surface area contributed by atoms with E-state index in [4.69, 9.17) is 4.74 Å². The molecule has 1 N–H and O–H groups in total. The molecule has 1 aliphatic heterocycles. The number of nitrogens with zero attached hydrogens (tertiary/aromatic N) is 1. The van der Waals surface area contributed by atoms with Crippen LogP contribution in [0.2, 0.25) is 0 Å². The quantitative estimate of drug-likeness (QED) is 0.683. The van der Waals surface area contributed by atoms with Crippen LogP contribution in [0.1, 0.15) is 32.6 Å². The molecule has 1 aliphatic rings. The lowest BCUT2D eigenvalue weighted by molar-refractivity contribution is -0.132. The summed E-state index contributed by atoms with van der Waals surface area (Å²) < 4.78 is 4.98.